The third-order valence-corrected chi connectivity index (χ3v) is 4.25. The Morgan fingerprint density at radius 2 is 2.05 bits per heavy atom. The quantitative estimate of drug-likeness (QED) is 0.780. The molecule has 2 aromatic heterocycles. The normalized spacial score (nSPS) is 15.1. The van der Waals surface area contributed by atoms with Crippen LogP contribution in [0.25, 0.3) is 16.9 Å². The van der Waals surface area contributed by atoms with Crippen LogP contribution in [-0.2, 0) is 13.0 Å². The molecule has 112 valence electrons. The number of aromatic nitrogens is 4. The molecule has 0 amide bonds. The first kappa shape index (κ1) is 13.2. The average Bonchev–Trinajstić information content (AvgIpc) is 2.90. The molecule has 0 bridgehead atoms. The fraction of sp³-hybridized carbons (Fsp3) is 0.312. The van der Waals surface area contributed by atoms with Gasteiger partial charge in [-0.15, -0.1) is 0 Å². The number of likely N-dealkylation sites (N-methyl/N-ethyl adjacent to an activating group) is 1. The number of nitrogen functional groups attached to an aromatic ring is 1. The summed E-state index contributed by atoms with van der Waals surface area (Å²) in [6.45, 7) is 5.09. The predicted molar refractivity (Wildman–Crippen MR) is 85.7 cm³/mol. The Hall–Kier alpha value is -2.47. The molecule has 1 aromatic carbocycles. The molecule has 3 aromatic rings. The molecule has 6 nitrogen and oxygen atoms in total. The van der Waals surface area contributed by atoms with Crippen LogP contribution in [0, 0.1) is 0 Å². The molecule has 0 saturated heterocycles. The lowest BCUT2D eigenvalue weighted by atomic mass is 10.1. The first-order valence-electron chi connectivity index (χ1n) is 7.57. The molecule has 0 saturated carbocycles. The van der Waals surface area contributed by atoms with Crippen LogP contribution in [0.2, 0.25) is 0 Å². The van der Waals surface area contributed by atoms with Gasteiger partial charge in [0.25, 0.3) is 0 Å². The molecule has 4 rings (SSSR count). The second kappa shape index (κ2) is 5.06. The topological polar surface area (TPSA) is 72.9 Å². The van der Waals surface area contributed by atoms with E-state index < -0.39 is 0 Å². The Labute approximate surface area is 128 Å². The Kier molecular flexibility index (Phi) is 3.04. The van der Waals surface area contributed by atoms with Gasteiger partial charge in [0, 0.05) is 25.1 Å². The molecule has 3 heterocycles. The minimum absolute atomic E-state index is 0.675. The number of fused-ring (bicyclic) bond motifs is 2. The molecule has 0 fully saturated rings. The Morgan fingerprint density at radius 1 is 1.23 bits per heavy atom. The molecule has 0 atom stereocenters. The summed E-state index contributed by atoms with van der Waals surface area (Å²) in [5.74, 6) is 1.35. The zero-order valence-corrected chi connectivity index (χ0v) is 12.5. The summed E-state index contributed by atoms with van der Waals surface area (Å²) in [6, 6.07) is 7.81. The van der Waals surface area contributed by atoms with Gasteiger partial charge in [-0.2, -0.15) is 9.78 Å². The van der Waals surface area contributed by atoms with E-state index in [2.05, 4.69) is 26.9 Å². The molecule has 0 aliphatic carbocycles. The number of nitrogens with zero attached hydrogens (tertiary/aromatic N) is 5. The maximum Gasteiger partial charge on any atom is 0.174 e. The molecule has 22 heavy (non-hydrogen) atoms. The van der Waals surface area contributed by atoms with Crippen LogP contribution in [0.15, 0.2) is 30.5 Å². The molecule has 0 spiro atoms. The average molecular weight is 294 g/mol. The van der Waals surface area contributed by atoms with Gasteiger partial charge in [0.05, 0.1) is 22.9 Å². The number of benzene rings is 1. The summed E-state index contributed by atoms with van der Waals surface area (Å²) in [4.78, 5) is 11.5. The second-order valence-corrected chi connectivity index (χ2v) is 5.56. The number of nitrogens with two attached hydrogens (primary N) is 1. The Balaban J connectivity index is 1.80. The van der Waals surface area contributed by atoms with Crippen LogP contribution in [-0.4, -0.2) is 37.7 Å². The van der Waals surface area contributed by atoms with Gasteiger partial charge < -0.3 is 5.73 Å². The lowest BCUT2D eigenvalue weighted by Gasteiger charge is -2.24. The van der Waals surface area contributed by atoms with Gasteiger partial charge in [0.15, 0.2) is 5.82 Å². The van der Waals surface area contributed by atoms with Crippen molar-refractivity contribution in [2.24, 2.45) is 0 Å². The molecule has 0 unspecified atom stereocenters. The highest BCUT2D eigenvalue weighted by molar-refractivity contribution is 5.74. The number of hydrogen-bond donors (Lipinski definition) is 1. The van der Waals surface area contributed by atoms with Gasteiger partial charge in [-0.25, -0.2) is 4.98 Å². The zero-order chi connectivity index (χ0) is 15.1. The first-order chi connectivity index (χ1) is 10.8. The maximum absolute atomic E-state index is 6.32. The lowest BCUT2D eigenvalue weighted by Crippen LogP contribution is -2.30. The van der Waals surface area contributed by atoms with Gasteiger partial charge in [-0.05, 0) is 18.7 Å². The van der Waals surface area contributed by atoms with Crippen LogP contribution < -0.4 is 5.73 Å². The first-order valence-corrected chi connectivity index (χ1v) is 7.57. The van der Waals surface area contributed by atoms with Gasteiger partial charge >= 0.3 is 0 Å². The molecule has 6 heteroatoms. The van der Waals surface area contributed by atoms with E-state index in [1.165, 1.54) is 0 Å². The fourth-order valence-corrected chi connectivity index (χ4v) is 2.94. The summed E-state index contributed by atoms with van der Waals surface area (Å²) in [5, 5.41) is 4.66. The Morgan fingerprint density at radius 3 is 2.86 bits per heavy atom. The van der Waals surface area contributed by atoms with E-state index in [1.54, 1.807) is 10.9 Å². The highest BCUT2D eigenvalue weighted by Crippen LogP contribution is 2.26. The van der Waals surface area contributed by atoms with Crippen LogP contribution in [0.4, 0.5) is 5.82 Å². The van der Waals surface area contributed by atoms with Crippen molar-refractivity contribution in [2.75, 3.05) is 18.8 Å². The highest BCUT2D eigenvalue weighted by Gasteiger charge is 2.23. The monoisotopic (exact) mass is 294 g/mol. The predicted octanol–water partition coefficient (Wildman–Crippen LogP) is 1.78. The summed E-state index contributed by atoms with van der Waals surface area (Å²) in [6.07, 6.45) is 2.66. The zero-order valence-electron chi connectivity index (χ0n) is 12.5. The lowest BCUT2D eigenvalue weighted by molar-refractivity contribution is 0.267. The van der Waals surface area contributed by atoms with Crippen LogP contribution in [0.3, 0.4) is 0 Å². The highest BCUT2D eigenvalue weighted by atomic mass is 15.4. The van der Waals surface area contributed by atoms with Crippen LogP contribution in [0.5, 0.6) is 0 Å². The van der Waals surface area contributed by atoms with Gasteiger partial charge in [0.2, 0.25) is 0 Å². The van der Waals surface area contributed by atoms with E-state index in [9.17, 15) is 0 Å². The van der Waals surface area contributed by atoms with Crippen molar-refractivity contribution in [1.29, 1.82) is 0 Å². The number of hydrogen-bond acceptors (Lipinski definition) is 5. The van der Waals surface area contributed by atoms with E-state index in [4.69, 9.17) is 5.73 Å². The van der Waals surface area contributed by atoms with E-state index >= 15 is 0 Å². The maximum atomic E-state index is 6.32. The van der Waals surface area contributed by atoms with E-state index in [0.717, 1.165) is 48.3 Å². The molecule has 0 radical (unpaired) electrons. The SMILES string of the molecule is CCN1CCc2nn(-c3cnc4ccccc4n3)c(N)c2C1. The van der Waals surface area contributed by atoms with E-state index in [0.29, 0.717) is 11.6 Å². The molecule has 2 N–H and O–H groups in total. The standard InChI is InChI=1S/C16H18N6/c1-2-21-8-7-12-11(10-21)16(17)22(20-12)15-9-18-13-5-3-4-6-14(13)19-15/h3-6,9H,2,7-8,10,17H2,1H3. The summed E-state index contributed by atoms with van der Waals surface area (Å²) < 4.78 is 1.73. The summed E-state index contributed by atoms with van der Waals surface area (Å²) in [5.41, 5.74) is 10.3. The summed E-state index contributed by atoms with van der Waals surface area (Å²) >= 11 is 0. The largest absolute Gasteiger partial charge is 0.383 e. The van der Waals surface area contributed by atoms with Crippen LogP contribution >= 0.6 is 0 Å². The van der Waals surface area contributed by atoms with Crippen molar-refractivity contribution in [3.8, 4) is 5.82 Å². The molecule has 1 aliphatic heterocycles. The Bertz CT molecular complexity index is 838. The van der Waals surface area contributed by atoms with Crippen molar-refractivity contribution < 1.29 is 0 Å². The van der Waals surface area contributed by atoms with E-state index in [1.807, 2.05) is 24.3 Å². The van der Waals surface area contributed by atoms with Gasteiger partial charge in [-0.1, -0.05) is 19.1 Å². The van der Waals surface area contributed by atoms with Crippen LogP contribution in [0.1, 0.15) is 18.2 Å². The molecular formula is C16H18N6. The third-order valence-electron chi connectivity index (χ3n) is 4.25. The molecular weight excluding hydrogens is 276 g/mol. The minimum atomic E-state index is 0.675. The van der Waals surface area contributed by atoms with Gasteiger partial charge in [-0.3, -0.25) is 9.88 Å². The number of anilines is 1. The van der Waals surface area contributed by atoms with Crippen molar-refractivity contribution in [1.82, 2.24) is 24.6 Å². The van der Waals surface area contributed by atoms with Gasteiger partial charge in [0.1, 0.15) is 5.82 Å². The smallest absolute Gasteiger partial charge is 0.174 e. The van der Waals surface area contributed by atoms with E-state index in [-0.39, 0.29) is 0 Å². The third kappa shape index (κ3) is 2.03. The van der Waals surface area contributed by atoms with Crippen molar-refractivity contribution in [3.63, 3.8) is 0 Å². The summed E-state index contributed by atoms with van der Waals surface area (Å²) in [7, 11) is 0. The molecule has 1 aliphatic rings. The number of para-hydroxylation sites is 2. The minimum Gasteiger partial charge on any atom is -0.383 e. The number of rotatable bonds is 2. The van der Waals surface area contributed by atoms with Crippen molar-refractivity contribution in [3.05, 3.63) is 41.7 Å². The van der Waals surface area contributed by atoms with Crippen molar-refractivity contribution in [2.45, 2.75) is 19.9 Å². The van der Waals surface area contributed by atoms with Crippen molar-refractivity contribution >= 4 is 16.9 Å². The fourth-order valence-electron chi connectivity index (χ4n) is 2.94. The second-order valence-electron chi connectivity index (χ2n) is 5.56.